The van der Waals surface area contributed by atoms with Gasteiger partial charge in [-0.15, -0.1) is 0 Å². The monoisotopic (exact) mass is 439 g/mol. The molecule has 0 spiro atoms. The summed E-state index contributed by atoms with van der Waals surface area (Å²) in [5.74, 6) is 0.287. The maximum Gasteiger partial charge on any atom is 0.260 e. The Kier molecular flexibility index (Phi) is 7.23. The topological polar surface area (TPSA) is 72.5 Å². The molecule has 0 heterocycles. The maximum atomic E-state index is 12.2. The second kappa shape index (κ2) is 9.19. The van der Waals surface area contributed by atoms with Crippen LogP contribution in [0, 0.1) is 6.92 Å². The highest BCUT2D eigenvalue weighted by Crippen LogP contribution is 2.26. The van der Waals surface area contributed by atoms with E-state index in [0.717, 1.165) is 10.0 Å². The minimum Gasteiger partial charge on any atom is -0.480 e. The zero-order valence-corrected chi connectivity index (χ0v) is 17.1. The highest BCUT2D eigenvalue weighted by molar-refractivity contribution is 9.10. The number of benzene rings is 2. The number of carbonyl (C=O) groups excluding carboxylic acids is 1. The summed E-state index contributed by atoms with van der Waals surface area (Å²) >= 11 is 3.41. The molecule has 0 bridgehead atoms. The molecule has 0 aromatic heterocycles. The van der Waals surface area contributed by atoms with Gasteiger partial charge in [-0.3, -0.25) is 4.79 Å². The molecule has 0 saturated heterocycles. The van der Waals surface area contributed by atoms with Crippen molar-refractivity contribution in [3.05, 3.63) is 58.6 Å². The predicted molar refractivity (Wildman–Crippen MR) is 105 cm³/mol. The molecule has 0 radical (unpaired) electrons. The Morgan fingerprint density at radius 3 is 2.54 bits per heavy atom. The van der Waals surface area contributed by atoms with E-state index in [1.165, 1.54) is 0 Å². The Morgan fingerprint density at radius 2 is 1.88 bits per heavy atom. The molecular formula is C19H22BrNO4S. The first kappa shape index (κ1) is 20.5. The van der Waals surface area contributed by atoms with Crippen molar-refractivity contribution in [2.45, 2.75) is 31.3 Å². The molecule has 1 amide bonds. The van der Waals surface area contributed by atoms with Gasteiger partial charge in [0.1, 0.15) is 5.75 Å². The number of hydrogen-bond acceptors (Lipinski definition) is 4. The van der Waals surface area contributed by atoms with Gasteiger partial charge in [-0.05, 0) is 66.0 Å². The molecule has 140 valence electrons. The van der Waals surface area contributed by atoms with Crippen molar-refractivity contribution in [3.8, 4) is 5.75 Å². The maximum absolute atomic E-state index is 12.2. The molecule has 0 saturated carbocycles. The van der Waals surface area contributed by atoms with Crippen LogP contribution in [0.25, 0.3) is 0 Å². The molecule has 0 aliphatic rings. The number of halogens is 1. The highest BCUT2D eigenvalue weighted by Gasteiger charge is 2.17. The van der Waals surface area contributed by atoms with Gasteiger partial charge in [0.2, 0.25) is 0 Å². The third-order valence-electron chi connectivity index (χ3n) is 3.75. The summed E-state index contributed by atoms with van der Waals surface area (Å²) in [7, 11) is -3.33. The second-order valence-electron chi connectivity index (χ2n) is 5.97. The Labute approximate surface area is 162 Å². The zero-order chi connectivity index (χ0) is 19.2. The molecule has 2 rings (SSSR count). The summed E-state index contributed by atoms with van der Waals surface area (Å²) in [5, 5.41) is 2.71. The van der Waals surface area contributed by atoms with Gasteiger partial charge in [0, 0.05) is 6.54 Å². The molecule has 2 aromatic rings. The third-order valence-corrected chi connectivity index (χ3v) is 6.19. The minimum atomic E-state index is -3.33. The quantitative estimate of drug-likeness (QED) is 0.638. The van der Waals surface area contributed by atoms with Crippen LogP contribution in [0.3, 0.4) is 0 Å². The van der Waals surface area contributed by atoms with Crippen LogP contribution in [0.5, 0.6) is 5.75 Å². The molecule has 0 aliphatic carbocycles. The van der Waals surface area contributed by atoms with Crippen molar-refractivity contribution >= 4 is 31.7 Å². The van der Waals surface area contributed by atoms with E-state index in [1.807, 2.05) is 19.1 Å². The molecule has 7 heteroatoms. The van der Waals surface area contributed by atoms with E-state index in [-0.39, 0.29) is 18.2 Å². The Hall–Kier alpha value is -1.86. The van der Waals surface area contributed by atoms with Gasteiger partial charge in [0.05, 0.1) is 15.1 Å². The van der Waals surface area contributed by atoms with Crippen molar-refractivity contribution in [1.29, 1.82) is 0 Å². The fraction of sp³-hybridized carbons (Fsp3) is 0.316. The fourth-order valence-electron chi connectivity index (χ4n) is 2.31. The summed E-state index contributed by atoms with van der Waals surface area (Å²) in [4.78, 5) is 12.4. The first-order chi connectivity index (χ1) is 12.3. The van der Waals surface area contributed by atoms with E-state index in [9.17, 15) is 13.2 Å². The van der Waals surface area contributed by atoms with Crippen molar-refractivity contribution in [2.75, 3.05) is 12.3 Å². The van der Waals surface area contributed by atoms with Crippen molar-refractivity contribution < 1.29 is 17.9 Å². The van der Waals surface area contributed by atoms with E-state index in [1.54, 1.807) is 43.3 Å². The second-order valence-corrected chi connectivity index (χ2v) is 8.93. The Morgan fingerprint density at radius 1 is 1.19 bits per heavy atom. The largest absolute Gasteiger partial charge is 0.480 e. The number of sulfone groups is 1. The van der Waals surface area contributed by atoms with Gasteiger partial charge in [-0.25, -0.2) is 8.42 Å². The lowest BCUT2D eigenvalue weighted by molar-refractivity contribution is -0.127. The molecular weight excluding hydrogens is 418 g/mol. The summed E-state index contributed by atoms with van der Waals surface area (Å²) < 4.78 is 30.8. The smallest absolute Gasteiger partial charge is 0.260 e. The van der Waals surface area contributed by atoms with Crippen molar-refractivity contribution in [1.82, 2.24) is 5.32 Å². The Balaban J connectivity index is 1.79. The predicted octanol–water partition coefficient (Wildman–Crippen LogP) is 3.51. The van der Waals surface area contributed by atoms with Gasteiger partial charge in [0.15, 0.2) is 15.9 Å². The highest BCUT2D eigenvalue weighted by atomic mass is 79.9. The van der Waals surface area contributed by atoms with E-state index in [2.05, 4.69) is 21.2 Å². The lowest BCUT2D eigenvalue weighted by Crippen LogP contribution is -2.37. The number of carbonyl (C=O) groups is 1. The molecule has 26 heavy (non-hydrogen) atoms. The number of ether oxygens (including phenoxy) is 1. The molecule has 0 aliphatic heterocycles. The zero-order valence-electron chi connectivity index (χ0n) is 14.7. The van der Waals surface area contributed by atoms with Crippen LogP contribution >= 0.6 is 15.9 Å². The molecule has 2 aromatic carbocycles. The number of nitrogens with one attached hydrogen (secondary N) is 1. The third kappa shape index (κ3) is 5.85. The normalized spacial score (nSPS) is 12.4. The average Bonchev–Trinajstić information content (AvgIpc) is 2.61. The molecule has 0 fully saturated rings. The van der Waals surface area contributed by atoms with E-state index < -0.39 is 15.9 Å². The molecule has 5 nitrogen and oxygen atoms in total. The van der Waals surface area contributed by atoms with Crippen LogP contribution in [0.4, 0.5) is 0 Å². The standard InChI is InChI=1S/C19H22BrNO4S/c1-14-9-10-18(17(20)13-14)25-15(2)19(22)21-11-6-12-26(23,24)16-7-4-3-5-8-16/h3-5,7-10,13,15H,6,11-12H2,1-2H3,(H,21,22). The van der Waals surface area contributed by atoms with Gasteiger partial charge < -0.3 is 10.1 Å². The number of aryl methyl sites for hydroxylation is 1. The number of amides is 1. The molecule has 1 atom stereocenters. The number of hydrogen-bond donors (Lipinski definition) is 1. The van der Waals surface area contributed by atoms with Crippen LogP contribution in [0.1, 0.15) is 18.9 Å². The van der Waals surface area contributed by atoms with E-state index in [4.69, 9.17) is 4.74 Å². The van der Waals surface area contributed by atoms with Gasteiger partial charge in [-0.1, -0.05) is 24.3 Å². The van der Waals surface area contributed by atoms with Crippen LogP contribution in [0.2, 0.25) is 0 Å². The number of rotatable bonds is 8. The minimum absolute atomic E-state index is 0.0178. The lowest BCUT2D eigenvalue weighted by atomic mass is 10.2. The average molecular weight is 440 g/mol. The van der Waals surface area contributed by atoms with Crippen LogP contribution < -0.4 is 10.1 Å². The molecule has 1 unspecified atom stereocenters. The van der Waals surface area contributed by atoms with E-state index in [0.29, 0.717) is 17.1 Å². The summed E-state index contributed by atoms with van der Waals surface area (Å²) in [6.07, 6.45) is -0.344. The van der Waals surface area contributed by atoms with Crippen molar-refractivity contribution in [3.63, 3.8) is 0 Å². The Bertz CT molecular complexity index is 853. The summed E-state index contributed by atoms with van der Waals surface area (Å²) in [6.45, 7) is 3.89. The first-order valence-corrected chi connectivity index (χ1v) is 10.7. The fourth-order valence-corrected chi connectivity index (χ4v) is 4.23. The van der Waals surface area contributed by atoms with Crippen LogP contribution in [-0.4, -0.2) is 32.7 Å². The summed E-state index contributed by atoms with van der Waals surface area (Å²) in [5.41, 5.74) is 1.08. The van der Waals surface area contributed by atoms with E-state index >= 15 is 0 Å². The SMILES string of the molecule is Cc1ccc(OC(C)C(=O)NCCCS(=O)(=O)c2ccccc2)c(Br)c1. The lowest BCUT2D eigenvalue weighted by Gasteiger charge is -2.16. The summed E-state index contributed by atoms with van der Waals surface area (Å²) in [6, 6.07) is 13.9. The van der Waals surface area contributed by atoms with Gasteiger partial charge >= 0.3 is 0 Å². The van der Waals surface area contributed by atoms with Crippen LogP contribution in [0.15, 0.2) is 57.9 Å². The van der Waals surface area contributed by atoms with Gasteiger partial charge in [0.25, 0.3) is 5.91 Å². The first-order valence-electron chi connectivity index (χ1n) is 8.28. The van der Waals surface area contributed by atoms with Crippen LogP contribution in [-0.2, 0) is 14.6 Å². The van der Waals surface area contributed by atoms with Crippen molar-refractivity contribution in [2.24, 2.45) is 0 Å². The van der Waals surface area contributed by atoms with Gasteiger partial charge in [-0.2, -0.15) is 0 Å². The molecule has 1 N–H and O–H groups in total.